The Hall–Kier alpha value is -6.39. The monoisotopic (exact) mass is 599 g/mol. The molecular formula is C43H25N3O. The average molecular weight is 600 g/mol. The molecule has 0 saturated heterocycles. The van der Waals surface area contributed by atoms with Crippen molar-refractivity contribution in [1.29, 1.82) is 0 Å². The fraction of sp³-hybridized carbons (Fsp3) is 0. The number of rotatable bonds is 4. The molecule has 1 aliphatic carbocycles. The Labute approximate surface area is 270 Å². The van der Waals surface area contributed by atoms with Crippen LogP contribution in [0.25, 0.3) is 100 Å². The van der Waals surface area contributed by atoms with E-state index in [1.807, 2.05) is 60.7 Å². The van der Waals surface area contributed by atoms with Gasteiger partial charge < -0.3 is 4.42 Å². The molecule has 4 nitrogen and oxygen atoms in total. The van der Waals surface area contributed by atoms with Crippen LogP contribution in [0, 0.1) is 0 Å². The minimum Gasteiger partial charge on any atom is -0.456 e. The fourth-order valence-corrected chi connectivity index (χ4v) is 7.25. The number of hydrogen-bond donors (Lipinski definition) is 0. The van der Waals surface area contributed by atoms with Crippen molar-refractivity contribution in [1.82, 2.24) is 15.0 Å². The zero-order valence-electron chi connectivity index (χ0n) is 25.2. The van der Waals surface area contributed by atoms with E-state index < -0.39 is 0 Å². The van der Waals surface area contributed by atoms with Crippen molar-refractivity contribution in [3.63, 3.8) is 0 Å². The van der Waals surface area contributed by atoms with Crippen LogP contribution in [0.1, 0.15) is 0 Å². The molecule has 4 heteroatoms. The molecule has 0 atom stereocenters. The lowest BCUT2D eigenvalue weighted by atomic mass is 9.91. The average Bonchev–Trinajstić information content (AvgIpc) is 3.69. The molecular weight excluding hydrogens is 574 g/mol. The van der Waals surface area contributed by atoms with Gasteiger partial charge >= 0.3 is 0 Å². The molecule has 2 aromatic heterocycles. The molecule has 10 rings (SSSR count). The summed E-state index contributed by atoms with van der Waals surface area (Å²) in [5.41, 5.74) is 11.8. The van der Waals surface area contributed by atoms with Gasteiger partial charge in [0.05, 0.1) is 0 Å². The third-order valence-electron chi connectivity index (χ3n) is 9.32. The lowest BCUT2D eigenvalue weighted by molar-refractivity contribution is 0.669. The summed E-state index contributed by atoms with van der Waals surface area (Å²) in [5, 5.41) is 4.55. The van der Waals surface area contributed by atoms with E-state index in [1.54, 1.807) is 0 Å². The Morgan fingerprint density at radius 2 is 0.809 bits per heavy atom. The van der Waals surface area contributed by atoms with Gasteiger partial charge in [0.25, 0.3) is 0 Å². The Bertz CT molecular complexity index is 2660. The first-order chi connectivity index (χ1) is 23.3. The van der Waals surface area contributed by atoms with Crippen LogP contribution in [0.2, 0.25) is 0 Å². The van der Waals surface area contributed by atoms with E-state index in [-0.39, 0.29) is 0 Å². The van der Waals surface area contributed by atoms with Gasteiger partial charge in [0.2, 0.25) is 0 Å². The van der Waals surface area contributed by atoms with Crippen LogP contribution >= 0.6 is 0 Å². The molecule has 7 aromatic carbocycles. The van der Waals surface area contributed by atoms with Crippen LogP contribution in [-0.2, 0) is 0 Å². The number of fused-ring (bicyclic) bond motifs is 6. The normalized spacial score (nSPS) is 11.8. The molecule has 0 fully saturated rings. The SMILES string of the molecule is c1ccc(-c2nc(-c3ccccc3-c3ccc4c5c(cccc35)-c3ccccc3-4)nc(-c3cccc4oc5ccccc5c34)n2)cc1. The van der Waals surface area contributed by atoms with Gasteiger partial charge in [-0.2, -0.15) is 0 Å². The van der Waals surface area contributed by atoms with Gasteiger partial charge in [-0.25, -0.2) is 15.0 Å². The highest BCUT2D eigenvalue weighted by atomic mass is 16.3. The molecule has 1 aliphatic rings. The van der Waals surface area contributed by atoms with Crippen molar-refractivity contribution >= 4 is 32.7 Å². The second-order valence-electron chi connectivity index (χ2n) is 11.9. The summed E-state index contributed by atoms with van der Waals surface area (Å²) in [6, 6.07) is 52.6. The van der Waals surface area contributed by atoms with Gasteiger partial charge in [-0.15, -0.1) is 0 Å². The quantitative estimate of drug-likeness (QED) is 0.202. The smallest absolute Gasteiger partial charge is 0.164 e. The van der Waals surface area contributed by atoms with Crippen molar-refractivity contribution < 1.29 is 4.42 Å². The Balaban J connectivity index is 1.23. The molecule has 0 spiro atoms. The summed E-state index contributed by atoms with van der Waals surface area (Å²) in [6.07, 6.45) is 0. The fourth-order valence-electron chi connectivity index (χ4n) is 7.25. The first-order valence-electron chi connectivity index (χ1n) is 15.8. The lowest BCUT2D eigenvalue weighted by Crippen LogP contribution is -2.01. The van der Waals surface area contributed by atoms with E-state index in [2.05, 4.69) is 91.0 Å². The van der Waals surface area contributed by atoms with Crippen molar-refractivity contribution in [3.05, 3.63) is 152 Å². The number of benzene rings is 7. The largest absolute Gasteiger partial charge is 0.456 e. The van der Waals surface area contributed by atoms with Gasteiger partial charge in [0, 0.05) is 27.5 Å². The van der Waals surface area contributed by atoms with Crippen LogP contribution in [0.15, 0.2) is 156 Å². The second-order valence-corrected chi connectivity index (χ2v) is 11.9. The summed E-state index contributed by atoms with van der Waals surface area (Å²) < 4.78 is 6.24. The maximum atomic E-state index is 6.24. The van der Waals surface area contributed by atoms with Gasteiger partial charge in [0.1, 0.15) is 11.2 Å². The van der Waals surface area contributed by atoms with Crippen LogP contribution in [-0.4, -0.2) is 15.0 Å². The molecule has 0 amide bonds. The predicted molar refractivity (Wildman–Crippen MR) is 191 cm³/mol. The van der Waals surface area contributed by atoms with Crippen molar-refractivity contribution in [2.75, 3.05) is 0 Å². The maximum Gasteiger partial charge on any atom is 0.164 e. The topological polar surface area (TPSA) is 51.8 Å². The molecule has 0 unspecified atom stereocenters. The summed E-state index contributed by atoms with van der Waals surface area (Å²) >= 11 is 0. The molecule has 0 radical (unpaired) electrons. The molecule has 47 heavy (non-hydrogen) atoms. The van der Waals surface area contributed by atoms with Gasteiger partial charge in [-0.3, -0.25) is 0 Å². The number of aromatic nitrogens is 3. The Kier molecular flexibility index (Phi) is 5.54. The van der Waals surface area contributed by atoms with E-state index in [0.717, 1.165) is 49.8 Å². The van der Waals surface area contributed by atoms with Crippen LogP contribution in [0.3, 0.4) is 0 Å². The zero-order chi connectivity index (χ0) is 30.9. The number of nitrogens with zero attached hydrogens (tertiary/aromatic N) is 3. The third-order valence-corrected chi connectivity index (χ3v) is 9.32. The molecule has 0 aliphatic heterocycles. The second kappa shape index (κ2) is 10.1. The minimum absolute atomic E-state index is 0.608. The number of hydrogen-bond acceptors (Lipinski definition) is 4. The summed E-state index contributed by atoms with van der Waals surface area (Å²) in [4.78, 5) is 15.4. The van der Waals surface area contributed by atoms with Gasteiger partial charge in [0.15, 0.2) is 17.5 Å². The first-order valence-corrected chi connectivity index (χ1v) is 15.8. The van der Waals surface area contributed by atoms with Crippen LogP contribution < -0.4 is 0 Å². The van der Waals surface area contributed by atoms with E-state index in [1.165, 1.54) is 33.0 Å². The Morgan fingerprint density at radius 1 is 0.298 bits per heavy atom. The predicted octanol–water partition coefficient (Wildman–Crippen LogP) is 11.2. The molecule has 0 N–H and O–H groups in total. The standard InChI is InChI=1S/C43H25N3O/c1-2-12-26(13-3-1)41-44-42(46-43(45-41)36-21-11-23-38-40(36)35-18-8-9-22-37(35)47-38)34-17-7-6-16-29(34)30-24-25-33-28-15-5-4-14-27(28)31-19-10-20-32(30)39(31)33/h1-25H. The molecule has 0 saturated carbocycles. The van der Waals surface area contributed by atoms with Gasteiger partial charge in [-0.05, 0) is 56.3 Å². The highest BCUT2D eigenvalue weighted by Gasteiger charge is 2.24. The summed E-state index contributed by atoms with van der Waals surface area (Å²) in [7, 11) is 0. The minimum atomic E-state index is 0.608. The van der Waals surface area contributed by atoms with Crippen molar-refractivity contribution in [3.8, 4) is 67.5 Å². The highest BCUT2D eigenvalue weighted by molar-refractivity contribution is 6.19. The summed E-state index contributed by atoms with van der Waals surface area (Å²) in [5.74, 6) is 1.86. The summed E-state index contributed by atoms with van der Waals surface area (Å²) in [6.45, 7) is 0. The maximum absolute atomic E-state index is 6.24. The highest BCUT2D eigenvalue weighted by Crippen LogP contribution is 2.50. The molecule has 2 heterocycles. The Morgan fingerprint density at radius 3 is 1.62 bits per heavy atom. The van der Waals surface area contributed by atoms with Crippen LogP contribution in [0.4, 0.5) is 0 Å². The van der Waals surface area contributed by atoms with E-state index >= 15 is 0 Å². The number of furan rings is 1. The van der Waals surface area contributed by atoms with Gasteiger partial charge in [-0.1, -0.05) is 140 Å². The third kappa shape index (κ3) is 3.92. The molecule has 218 valence electrons. The molecule has 0 bridgehead atoms. The molecule has 9 aromatic rings. The van der Waals surface area contributed by atoms with E-state index in [9.17, 15) is 0 Å². The van der Waals surface area contributed by atoms with Crippen LogP contribution in [0.5, 0.6) is 0 Å². The van der Waals surface area contributed by atoms with Crippen molar-refractivity contribution in [2.24, 2.45) is 0 Å². The van der Waals surface area contributed by atoms with E-state index in [0.29, 0.717) is 17.5 Å². The lowest BCUT2D eigenvalue weighted by Gasteiger charge is -2.14. The number of para-hydroxylation sites is 1. The first kappa shape index (κ1) is 25.9. The van der Waals surface area contributed by atoms with Crippen molar-refractivity contribution in [2.45, 2.75) is 0 Å². The van der Waals surface area contributed by atoms with E-state index in [4.69, 9.17) is 19.4 Å². The zero-order valence-corrected chi connectivity index (χ0v) is 25.2.